The average Bonchev–Trinajstić information content (AvgIpc) is 2.73. The van der Waals surface area contributed by atoms with Gasteiger partial charge in [-0.15, -0.1) is 0 Å². The van der Waals surface area contributed by atoms with Crippen LogP contribution in [-0.4, -0.2) is 46.1 Å². The molecule has 1 saturated heterocycles. The van der Waals surface area contributed by atoms with Gasteiger partial charge in [0.25, 0.3) is 11.8 Å². The van der Waals surface area contributed by atoms with Crippen molar-refractivity contribution in [3.05, 3.63) is 59.7 Å². The highest BCUT2D eigenvalue weighted by Crippen LogP contribution is 2.25. The second-order valence-corrected chi connectivity index (χ2v) is 6.65. The highest BCUT2D eigenvalue weighted by atomic mass is 16.5. The molecule has 0 radical (unpaired) electrons. The van der Waals surface area contributed by atoms with Crippen molar-refractivity contribution in [3.63, 3.8) is 0 Å². The number of piperidine rings is 1. The van der Waals surface area contributed by atoms with Gasteiger partial charge in [0.05, 0.1) is 11.9 Å². The van der Waals surface area contributed by atoms with Gasteiger partial charge in [0.1, 0.15) is 5.69 Å². The average molecular weight is 381 g/mol. The molecule has 1 fully saturated rings. The third kappa shape index (κ3) is 4.92. The minimum Gasteiger partial charge on any atom is -0.371 e. The lowest BCUT2D eigenvalue weighted by atomic mass is 10.0. The van der Waals surface area contributed by atoms with Crippen molar-refractivity contribution in [2.45, 2.75) is 25.8 Å². The third-order valence-corrected chi connectivity index (χ3v) is 4.65. The lowest BCUT2D eigenvalue weighted by Crippen LogP contribution is -2.45. The first-order valence-electron chi connectivity index (χ1n) is 9.12. The van der Waals surface area contributed by atoms with Gasteiger partial charge in [-0.3, -0.25) is 19.8 Å². The molecule has 2 aromatic rings. The lowest BCUT2D eigenvalue weighted by Gasteiger charge is -2.34. The Bertz CT molecular complexity index is 858. The monoisotopic (exact) mass is 381 g/mol. The Hall–Kier alpha value is -3.26. The fourth-order valence-corrected chi connectivity index (χ4v) is 3.15. The predicted octanol–water partition coefficient (Wildman–Crippen LogP) is 1.70. The molecule has 0 saturated carbocycles. The van der Waals surface area contributed by atoms with Gasteiger partial charge in [0, 0.05) is 37.1 Å². The number of benzene rings is 1. The van der Waals surface area contributed by atoms with E-state index < -0.39 is 5.91 Å². The van der Waals surface area contributed by atoms with E-state index in [1.54, 1.807) is 17.8 Å². The van der Waals surface area contributed by atoms with Crippen LogP contribution in [0.25, 0.3) is 6.08 Å². The topological polar surface area (TPSA) is 107 Å². The first kappa shape index (κ1) is 19.5. The molecule has 3 N–H and O–H groups in total. The highest BCUT2D eigenvalue weighted by Gasteiger charge is 2.22. The molecule has 2 heterocycles. The summed E-state index contributed by atoms with van der Waals surface area (Å²) in [6, 6.07) is 7.84. The van der Waals surface area contributed by atoms with E-state index in [0.29, 0.717) is 5.69 Å². The van der Waals surface area contributed by atoms with Crippen LogP contribution in [0.5, 0.6) is 0 Å². The van der Waals surface area contributed by atoms with Gasteiger partial charge >= 0.3 is 0 Å². The van der Waals surface area contributed by atoms with E-state index in [1.165, 1.54) is 12.3 Å². The second-order valence-electron chi connectivity index (χ2n) is 6.65. The number of para-hydroxylation sites is 1. The van der Waals surface area contributed by atoms with E-state index in [9.17, 15) is 9.59 Å². The van der Waals surface area contributed by atoms with Crippen LogP contribution in [0.4, 0.5) is 5.69 Å². The summed E-state index contributed by atoms with van der Waals surface area (Å²) in [7, 11) is 0. The van der Waals surface area contributed by atoms with E-state index in [2.05, 4.69) is 20.2 Å². The number of nitrogens with zero attached hydrogens (tertiary/aromatic N) is 3. The summed E-state index contributed by atoms with van der Waals surface area (Å²) in [6.07, 6.45) is 7.64. The van der Waals surface area contributed by atoms with Crippen LogP contribution in [0.3, 0.4) is 0 Å². The SMILES string of the molecule is Cc1cnc(C(=O)NC2CCN(c3ccccc3C=CC(=O)NO)CC2)cn1. The number of hydroxylamine groups is 1. The molecular weight excluding hydrogens is 358 g/mol. The van der Waals surface area contributed by atoms with E-state index in [0.717, 1.165) is 42.9 Å². The van der Waals surface area contributed by atoms with Crippen molar-refractivity contribution in [1.29, 1.82) is 0 Å². The molecule has 0 unspecified atom stereocenters. The molecule has 2 amide bonds. The molecule has 1 aromatic carbocycles. The quantitative estimate of drug-likeness (QED) is 0.413. The normalized spacial score (nSPS) is 14.9. The smallest absolute Gasteiger partial charge is 0.271 e. The number of carbonyl (C=O) groups is 2. The minimum atomic E-state index is -0.574. The zero-order chi connectivity index (χ0) is 19.9. The molecule has 0 atom stereocenters. The number of hydrogen-bond acceptors (Lipinski definition) is 6. The number of carbonyl (C=O) groups excluding carboxylic acids is 2. The van der Waals surface area contributed by atoms with E-state index in [-0.39, 0.29) is 11.9 Å². The van der Waals surface area contributed by atoms with E-state index in [4.69, 9.17) is 5.21 Å². The van der Waals surface area contributed by atoms with Crippen molar-refractivity contribution in [2.24, 2.45) is 0 Å². The second kappa shape index (κ2) is 9.09. The highest BCUT2D eigenvalue weighted by molar-refractivity contribution is 5.92. The largest absolute Gasteiger partial charge is 0.371 e. The number of aryl methyl sites for hydroxylation is 1. The Balaban J connectivity index is 1.60. The van der Waals surface area contributed by atoms with Crippen molar-refractivity contribution in [2.75, 3.05) is 18.0 Å². The molecule has 0 bridgehead atoms. The van der Waals surface area contributed by atoms with E-state index >= 15 is 0 Å². The number of nitrogens with one attached hydrogen (secondary N) is 2. The van der Waals surface area contributed by atoms with Crippen LogP contribution in [0.1, 0.15) is 34.6 Å². The van der Waals surface area contributed by atoms with Crippen LogP contribution in [0, 0.1) is 6.92 Å². The summed E-state index contributed by atoms with van der Waals surface area (Å²) < 4.78 is 0. The van der Waals surface area contributed by atoms with Crippen molar-refractivity contribution in [1.82, 2.24) is 20.8 Å². The van der Waals surface area contributed by atoms with Gasteiger partial charge in [-0.05, 0) is 37.5 Å². The molecule has 8 nitrogen and oxygen atoms in total. The van der Waals surface area contributed by atoms with Crippen LogP contribution in [0.15, 0.2) is 42.7 Å². The fraction of sp³-hybridized carbons (Fsp3) is 0.300. The minimum absolute atomic E-state index is 0.0784. The Morgan fingerprint density at radius 2 is 1.93 bits per heavy atom. The number of amides is 2. The summed E-state index contributed by atoms with van der Waals surface area (Å²) in [5.41, 5.74) is 4.59. The maximum atomic E-state index is 12.3. The number of anilines is 1. The predicted molar refractivity (Wildman–Crippen MR) is 105 cm³/mol. The van der Waals surface area contributed by atoms with E-state index in [1.807, 2.05) is 31.2 Å². The van der Waals surface area contributed by atoms with Crippen LogP contribution < -0.4 is 15.7 Å². The van der Waals surface area contributed by atoms with Crippen molar-refractivity contribution >= 4 is 23.6 Å². The first-order chi connectivity index (χ1) is 13.6. The van der Waals surface area contributed by atoms with Gasteiger partial charge in [0.15, 0.2) is 0 Å². The molecule has 1 aliphatic rings. The number of rotatable bonds is 5. The Morgan fingerprint density at radius 1 is 1.18 bits per heavy atom. The molecule has 1 aliphatic heterocycles. The zero-order valence-electron chi connectivity index (χ0n) is 15.6. The maximum Gasteiger partial charge on any atom is 0.271 e. The molecular formula is C20H23N5O3. The molecule has 146 valence electrons. The van der Waals surface area contributed by atoms with Crippen LogP contribution in [-0.2, 0) is 4.79 Å². The zero-order valence-corrected chi connectivity index (χ0v) is 15.6. The van der Waals surface area contributed by atoms with Gasteiger partial charge in [-0.25, -0.2) is 10.5 Å². The fourth-order valence-electron chi connectivity index (χ4n) is 3.15. The first-order valence-corrected chi connectivity index (χ1v) is 9.12. The molecule has 0 spiro atoms. The van der Waals surface area contributed by atoms with Crippen molar-refractivity contribution in [3.8, 4) is 0 Å². The van der Waals surface area contributed by atoms with Gasteiger partial charge in [-0.1, -0.05) is 18.2 Å². The lowest BCUT2D eigenvalue weighted by molar-refractivity contribution is -0.124. The van der Waals surface area contributed by atoms with Crippen molar-refractivity contribution < 1.29 is 14.8 Å². The van der Waals surface area contributed by atoms with Gasteiger partial charge < -0.3 is 10.2 Å². The van der Waals surface area contributed by atoms with Crippen LogP contribution in [0.2, 0.25) is 0 Å². The summed E-state index contributed by atoms with van der Waals surface area (Å²) >= 11 is 0. The standard InChI is InChI=1S/C20H23N5O3/c1-14-12-22-17(13-21-14)20(27)23-16-8-10-25(11-9-16)18-5-3-2-4-15(18)6-7-19(26)24-28/h2-7,12-13,16,28H,8-11H2,1H3,(H,23,27)(H,24,26). The Kier molecular flexibility index (Phi) is 6.33. The van der Waals surface area contributed by atoms with Gasteiger partial charge in [0.2, 0.25) is 0 Å². The number of hydrogen-bond donors (Lipinski definition) is 3. The Morgan fingerprint density at radius 3 is 2.61 bits per heavy atom. The molecule has 8 heteroatoms. The summed E-state index contributed by atoms with van der Waals surface area (Å²) in [5, 5.41) is 11.6. The maximum absolute atomic E-state index is 12.3. The third-order valence-electron chi connectivity index (χ3n) is 4.65. The van der Waals surface area contributed by atoms with Crippen LogP contribution >= 0.6 is 0 Å². The van der Waals surface area contributed by atoms with Gasteiger partial charge in [-0.2, -0.15) is 0 Å². The summed E-state index contributed by atoms with van der Waals surface area (Å²) in [6.45, 7) is 3.39. The summed E-state index contributed by atoms with van der Waals surface area (Å²) in [4.78, 5) is 34.0. The molecule has 0 aliphatic carbocycles. The summed E-state index contributed by atoms with van der Waals surface area (Å²) in [5.74, 6) is -0.778. The molecule has 1 aromatic heterocycles. The Labute approximate surface area is 163 Å². The number of aromatic nitrogens is 2. The molecule has 3 rings (SSSR count). The molecule has 28 heavy (non-hydrogen) atoms.